The number of halogens is 1. The molecule has 0 radical (unpaired) electrons. The van der Waals surface area contributed by atoms with E-state index in [0.29, 0.717) is 5.92 Å². The molecule has 0 unspecified atom stereocenters. The zero-order chi connectivity index (χ0) is 12.8. The first kappa shape index (κ1) is 14.5. The second kappa shape index (κ2) is 7.03. The maximum Gasteiger partial charge on any atom is 0.0467 e. The van der Waals surface area contributed by atoms with Gasteiger partial charge in [0.15, 0.2) is 0 Å². The summed E-state index contributed by atoms with van der Waals surface area (Å²) in [6.45, 7) is 7.34. The van der Waals surface area contributed by atoms with Crippen molar-refractivity contribution in [1.29, 1.82) is 0 Å². The summed E-state index contributed by atoms with van der Waals surface area (Å²) in [5.41, 5.74) is 9.42. The van der Waals surface area contributed by atoms with Gasteiger partial charge in [0.05, 0.1) is 0 Å². The zero-order valence-electron chi connectivity index (χ0n) is 11.2. The molecule has 0 aliphatic carbocycles. The highest BCUT2D eigenvalue weighted by Gasteiger charge is 2.08. The molecule has 2 N–H and O–H groups in total. The van der Waals surface area contributed by atoms with Crippen LogP contribution in [0, 0.1) is 12.8 Å². The normalized spacial score (nSPS) is 11.2. The Balaban J connectivity index is 2.82. The molecule has 0 atom stereocenters. The minimum Gasteiger partial charge on any atom is -0.330 e. The van der Waals surface area contributed by atoms with Crippen LogP contribution in [0.1, 0.15) is 43.4 Å². The molecular formula is C15H24ClN. The molecule has 96 valence electrons. The molecule has 0 heterocycles. The monoisotopic (exact) mass is 253 g/mol. The largest absolute Gasteiger partial charge is 0.330 e. The third kappa shape index (κ3) is 4.69. The molecular weight excluding hydrogens is 230 g/mol. The van der Waals surface area contributed by atoms with E-state index in [0.717, 1.165) is 30.8 Å². The minimum absolute atomic E-state index is 0.645. The SMILES string of the molecule is Cc1cc(CCCCN)cc(CC(C)C)c1Cl. The third-order valence-electron chi connectivity index (χ3n) is 2.94. The van der Waals surface area contributed by atoms with E-state index in [1.807, 2.05) is 0 Å². The molecule has 1 aromatic rings. The van der Waals surface area contributed by atoms with Gasteiger partial charge in [-0.15, -0.1) is 0 Å². The number of unbranched alkanes of at least 4 members (excludes halogenated alkanes) is 1. The van der Waals surface area contributed by atoms with Crippen LogP contribution in [0.4, 0.5) is 0 Å². The van der Waals surface area contributed by atoms with E-state index in [9.17, 15) is 0 Å². The molecule has 0 aliphatic rings. The molecule has 1 rings (SSSR count). The maximum absolute atomic E-state index is 6.35. The number of hydrogen-bond acceptors (Lipinski definition) is 1. The van der Waals surface area contributed by atoms with Gasteiger partial charge in [0.2, 0.25) is 0 Å². The van der Waals surface area contributed by atoms with Gasteiger partial charge in [0, 0.05) is 5.02 Å². The first-order valence-electron chi connectivity index (χ1n) is 6.52. The first-order valence-corrected chi connectivity index (χ1v) is 6.90. The Bertz CT molecular complexity index is 358. The van der Waals surface area contributed by atoms with Gasteiger partial charge in [-0.3, -0.25) is 0 Å². The molecule has 17 heavy (non-hydrogen) atoms. The topological polar surface area (TPSA) is 26.0 Å². The van der Waals surface area contributed by atoms with Crippen molar-refractivity contribution >= 4 is 11.6 Å². The molecule has 1 aromatic carbocycles. The molecule has 1 nitrogen and oxygen atoms in total. The third-order valence-corrected chi connectivity index (χ3v) is 3.48. The second-order valence-electron chi connectivity index (χ2n) is 5.23. The fourth-order valence-electron chi connectivity index (χ4n) is 2.13. The summed E-state index contributed by atoms with van der Waals surface area (Å²) in [5.74, 6) is 0.645. The van der Waals surface area contributed by atoms with Crippen LogP contribution in [-0.4, -0.2) is 6.54 Å². The molecule has 0 aliphatic heterocycles. The summed E-state index contributed by atoms with van der Waals surface area (Å²) < 4.78 is 0. The minimum atomic E-state index is 0.645. The van der Waals surface area contributed by atoms with E-state index >= 15 is 0 Å². The van der Waals surface area contributed by atoms with Gasteiger partial charge in [-0.2, -0.15) is 0 Å². The highest BCUT2D eigenvalue weighted by atomic mass is 35.5. The lowest BCUT2D eigenvalue weighted by Crippen LogP contribution is -2.01. The highest BCUT2D eigenvalue weighted by Crippen LogP contribution is 2.25. The second-order valence-corrected chi connectivity index (χ2v) is 5.61. The fraction of sp³-hybridized carbons (Fsp3) is 0.600. The van der Waals surface area contributed by atoms with Crippen LogP contribution in [0.2, 0.25) is 5.02 Å². The van der Waals surface area contributed by atoms with E-state index in [1.54, 1.807) is 0 Å². The number of nitrogens with two attached hydrogens (primary N) is 1. The molecule has 0 bridgehead atoms. The predicted octanol–water partition coefficient (Wildman–Crippen LogP) is 4.13. The average molecular weight is 254 g/mol. The lowest BCUT2D eigenvalue weighted by atomic mass is 9.96. The van der Waals surface area contributed by atoms with Gasteiger partial charge in [-0.25, -0.2) is 0 Å². The van der Waals surface area contributed by atoms with Crippen LogP contribution in [0.25, 0.3) is 0 Å². The van der Waals surface area contributed by atoms with E-state index in [4.69, 9.17) is 17.3 Å². The number of benzene rings is 1. The zero-order valence-corrected chi connectivity index (χ0v) is 12.0. The van der Waals surface area contributed by atoms with Crippen LogP contribution in [0.15, 0.2) is 12.1 Å². The lowest BCUT2D eigenvalue weighted by Gasteiger charge is -2.12. The highest BCUT2D eigenvalue weighted by molar-refractivity contribution is 6.32. The Kier molecular flexibility index (Phi) is 6.01. The smallest absolute Gasteiger partial charge is 0.0467 e. The van der Waals surface area contributed by atoms with E-state index < -0.39 is 0 Å². The summed E-state index contributed by atoms with van der Waals surface area (Å²) in [5, 5.41) is 0.946. The molecule has 0 amide bonds. The summed E-state index contributed by atoms with van der Waals surface area (Å²) in [7, 11) is 0. The van der Waals surface area contributed by atoms with Crippen molar-refractivity contribution < 1.29 is 0 Å². The van der Waals surface area contributed by atoms with Crippen molar-refractivity contribution in [2.45, 2.75) is 46.5 Å². The number of aryl methyl sites for hydroxylation is 2. The number of rotatable bonds is 6. The maximum atomic E-state index is 6.35. The Labute approximate surface area is 110 Å². The van der Waals surface area contributed by atoms with Gasteiger partial charge in [0.1, 0.15) is 0 Å². The molecule has 0 fully saturated rings. The van der Waals surface area contributed by atoms with Crippen molar-refractivity contribution in [3.63, 3.8) is 0 Å². The van der Waals surface area contributed by atoms with Gasteiger partial charge >= 0.3 is 0 Å². The molecule has 0 saturated carbocycles. The average Bonchev–Trinajstić information content (AvgIpc) is 2.25. The van der Waals surface area contributed by atoms with Crippen molar-refractivity contribution in [3.8, 4) is 0 Å². The van der Waals surface area contributed by atoms with Crippen LogP contribution in [0.5, 0.6) is 0 Å². The molecule has 0 aromatic heterocycles. The Morgan fingerprint density at radius 2 is 1.94 bits per heavy atom. The van der Waals surface area contributed by atoms with E-state index in [2.05, 4.69) is 32.9 Å². The van der Waals surface area contributed by atoms with Crippen molar-refractivity contribution in [3.05, 3.63) is 33.8 Å². The quantitative estimate of drug-likeness (QED) is 0.758. The fourth-order valence-corrected chi connectivity index (χ4v) is 2.32. The van der Waals surface area contributed by atoms with E-state index in [1.165, 1.54) is 23.1 Å². The number of hydrogen-bond donors (Lipinski definition) is 1. The van der Waals surface area contributed by atoms with Crippen LogP contribution < -0.4 is 5.73 Å². The lowest BCUT2D eigenvalue weighted by molar-refractivity contribution is 0.646. The van der Waals surface area contributed by atoms with Crippen LogP contribution in [0.3, 0.4) is 0 Å². The van der Waals surface area contributed by atoms with Crippen LogP contribution >= 0.6 is 11.6 Å². The summed E-state index contributed by atoms with van der Waals surface area (Å²) in [6, 6.07) is 4.48. The Hall–Kier alpha value is -0.530. The van der Waals surface area contributed by atoms with Crippen molar-refractivity contribution in [2.75, 3.05) is 6.54 Å². The van der Waals surface area contributed by atoms with Gasteiger partial charge in [-0.1, -0.05) is 37.6 Å². The Morgan fingerprint density at radius 1 is 1.24 bits per heavy atom. The Morgan fingerprint density at radius 3 is 2.53 bits per heavy atom. The van der Waals surface area contributed by atoms with Crippen molar-refractivity contribution in [2.24, 2.45) is 11.7 Å². The van der Waals surface area contributed by atoms with Gasteiger partial charge < -0.3 is 5.73 Å². The van der Waals surface area contributed by atoms with E-state index in [-0.39, 0.29) is 0 Å². The van der Waals surface area contributed by atoms with Crippen molar-refractivity contribution in [1.82, 2.24) is 0 Å². The van der Waals surface area contributed by atoms with Crippen LogP contribution in [-0.2, 0) is 12.8 Å². The summed E-state index contributed by atoms with van der Waals surface area (Å²) >= 11 is 6.35. The molecule has 2 heteroatoms. The summed E-state index contributed by atoms with van der Waals surface area (Å²) in [4.78, 5) is 0. The summed E-state index contributed by atoms with van der Waals surface area (Å²) in [6.07, 6.45) is 4.44. The first-order chi connectivity index (χ1) is 8.04. The predicted molar refractivity (Wildman–Crippen MR) is 76.7 cm³/mol. The molecule has 0 saturated heterocycles. The standard InChI is InChI=1S/C15H24ClN/c1-11(2)8-14-10-13(6-4-5-7-17)9-12(3)15(14)16/h9-11H,4-8,17H2,1-3H3. The van der Waals surface area contributed by atoms with Gasteiger partial charge in [0.25, 0.3) is 0 Å². The van der Waals surface area contributed by atoms with Gasteiger partial charge in [-0.05, 0) is 61.8 Å². The molecule has 0 spiro atoms.